The van der Waals surface area contributed by atoms with Gasteiger partial charge in [0.1, 0.15) is 12.1 Å². The molecule has 0 saturated carbocycles. The molecule has 0 bridgehead atoms. The van der Waals surface area contributed by atoms with E-state index in [-0.39, 0.29) is 5.82 Å². The summed E-state index contributed by atoms with van der Waals surface area (Å²) in [7, 11) is 0. The Labute approximate surface area is 185 Å². The Hall–Kier alpha value is -3.45. The van der Waals surface area contributed by atoms with Crippen LogP contribution in [0.1, 0.15) is 12.0 Å². The molecule has 6 nitrogen and oxygen atoms in total. The lowest BCUT2D eigenvalue weighted by Gasteiger charge is -2.49. The van der Waals surface area contributed by atoms with Gasteiger partial charge in [-0.15, -0.1) is 10.2 Å². The summed E-state index contributed by atoms with van der Waals surface area (Å²) < 4.78 is 17.7. The normalized spacial score (nSPS) is 18.1. The molecule has 32 heavy (non-hydrogen) atoms. The van der Waals surface area contributed by atoms with Gasteiger partial charge in [-0.2, -0.15) is 0 Å². The smallest absolute Gasteiger partial charge is 0.185 e. The molecule has 7 heteroatoms. The number of anilines is 1. The summed E-state index contributed by atoms with van der Waals surface area (Å²) in [6, 6.07) is 15.5. The summed E-state index contributed by atoms with van der Waals surface area (Å²) >= 11 is 0. The van der Waals surface area contributed by atoms with Crippen LogP contribution >= 0.6 is 0 Å². The van der Waals surface area contributed by atoms with Crippen molar-refractivity contribution in [1.82, 2.24) is 24.6 Å². The fourth-order valence-corrected chi connectivity index (χ4v) is 5.54. The van der Waals surface area contributed by atoms with E-state index in [2.05, 4.69) is 60.0 Å². The molecule has 2 saturated heterocycles. The summed E-state index contributed by atoms with van der Waals surface area (Å²) in [5.74, 6) is 0.599. The standard InChI is InChI=1S/C25H23FN6/c26-20-3-1-17(2-4-20)18-10-23-24-29-28-16-32(24)22-6-5-21(9-19(22)12-30(23)11-18)31-14-25(15-31)7-8-27-13-25/h1-6,9-11,16,27H,7-8,12-15H2. The average Bonchev–Trinajstić information content (AvgIpc) is 3.52. The number of nitrogens with zero attached hydrogens (tertiary/aromatic N) is 5. The van der Waals surface area contributed by atoms with Crippen LogP contribution in [0.4, 0.5) is 10.1 Å². The maximum Gasteiger partial charge on any atom is 0.185 e. The fraction of sp³-hybridized carbons (Fsp3) is 0.280. The van der Waals surface area contributed by atoms with Gasteiger partial charge in [0.15, 0.2) is 5.82 Å². The van der Waals surface area contributed by atoms with Crippen molar-refractivity contribution in [2.45, 2.75) is 13.0 Å². The van der Waals surface area contributed by atoms with Gasteiger partial charge in [-0.3, -0.25) is 4.57 Å². The number of halogens is 1. The molecular formula is C25H23FN6. The second-order valence-electron chi connectivity index (χ2n) is 9.37. The van der Waals surface area contributed by atoms with Crippen LogP contribution in [0.25, 0.3) is 28.3 Å². The molecule has 2 fully saturated rings. The van der Waals surface area contributed by atoms with Gasteiger partial charge in [-0.1, -0.05) is 12.1 Å². The molecule has 2 aromatic carbocycles. The zero-order valence-electron chi connectivity index (χ0n) is 17.6. The van der Waals surface area contributed by atoms with Crippen LogP contribution in [0.15, 0.2) is 61.1 Å². The van der Waals surface area contributed by atoms with Crippen LogP contribution < -0.4 is 10.2 Å². The van der Waals surface area contributed by atoms with Crippen LogP contribution in [0.5, 0.6) is 0 Å². The van der Waals surface area contributed by atoms with Crippen molar-refractivity contribution < 1.29 is 4.39 Å². The van der Waals surface area contributed by atoms with E-state index in [0.29, 0.717) is 5.41 Å². The second kappa shape index (κ2) is 6.53. The molecule has 0 amide bonds. The van der Waals surface area contributed by atoms with Gasteiger partial charge < -0.3 is 14.8 Å². The Balaban J connectivity index is 1.28. The lowest BCUT2D eigenvalue weighted by atomic mass is 9.79. The van der Waals surface area contributed by atoms with E-state index >= 15 is 0 Å². The van der Waals surface area contributed by atoms with E-state index in [1.165, 1.54) is 29.8 Å². The Kier molecular flexibility index (Phi) is 3.70. The van der Waals surface area contributed by atoms with E-state index < -0.39 is 0 Å². The third-order valence-corrected chi connectivity index (χ3v) is 7.26. The molecule has 1 N–H and O–H groups in total. The molecule has 7 rings (SSSR count). The zero-order chi connectivity index (χ0) is 21.3. The van der Waals surface area contributed by atoms with Gasteiger partial charge in [-0.05, 0) is 60.5 Å². The molecule has 3 aliphatic rings. The first-order valence-corrected chi connectivity index (χ1v) is 11.1. The molecule has 0 atom stereocenters. The number of hydrogen-bond donors (Lipinski definition) is 1. The van der Waals surface area contributed by atoms with Gasteiger partial charge >= 0.3 is 0 Å². The molecule has 5 heterocycles. The number of nitrogens with one attached hydrogen (secondary N) is 1. The lowest BCUT2D eigenvalue weighted by molar-refractivity contribution is 0.243. The van der Waals surface area contributed by atoms with Crippen LogP contribution in [-0.4, -0.2) is 45.5 Å². The van der Waals surface area contributed by atoms with Gasteiger partial charge in [0, 0.05) is 49.0 Å². The first-order valence-electron chi connectivity index (χ1n) is 11.1. The highest BCUT2D eigenvalue weighted by Gasteiger charge is 2.45. The molecule has 1 spiro atoms. The van der Waals surface area contributed by atoms with Crippen molar-refractivity contribution in [3.8, 4) is 28.3 Å². The largest absolute Gasteiger partial charge is 0.370 e. The van der Waals surface area contributed by atoms with Gasteiger partial charge in [0.05, 0.1) is 11.4 Å². The number of fused-ring (bicyclic) bond motifs is 5. The fourth-order valence-electron chi connectivity index (χ4n) is 5.54. The third kappa shape index (κ3) is 2.67. The molecule has 160 valence electrons. The van der Waals surface area contributed by atoms with Crippen molar-refractivity contribution in [2.24, 2.45) is 5.41 Å². The zero-order valence-corrected chi connectivity index (χ0v) is 17.6. The maximum absolute atomic E-state index is 13.4. The van der Waals surface area contributed by atoms with E-state index in [1.807, 2.05) is 12.1 Å². The first-order chi connectivity index (χ1) is 15.7. The van der Waals surface area contributed by atoms with E-state index in [1.54, 1.807) is 6.33 Å². The summed E-state index contributed by atoms with van der Waals surface area (Å²) in [5.41, 5.74) is 7.17. The minimum atomic E-state index is -0.225. The molecule has 0 radical (unpaired) electrons. The highest BCUT2D eigenvalue weighted by atomic mass is 19.1. The number of aromatic nitrogens is 4. The monoisotopic (exact) mass is 426 g/mol. The van der Waals surface area contributed by atoms with E-state index in [9.17, 15) is 4.39 Å². The van der Waals surface area contributed by atoms with Crippen molar-refractivity contribution in [3.05, 3.63) is 72.4 Å². The lowest BCUT2D eigenvalue weighted by Crippen LogP contribution is -2.57. The second-order valence-corrected chi connectivity index (χ2v) is 9.37. The molecule has 4 aromatic rings. The van der Waals surface area contributed by atoms with Crippen LogP contribution in [0, 0.1) is 11.2 Å². The molecule has 3 aliphatic heterocycles. The minimum Gasteiger partial charge on any atom is -0.370 e. The summed E-state index contributed by atoms with van der Waals surface area (Å²) in [5, 5.41) is 12.1. The van der Waals surface area contributed by atoms with Gasteiger partial charge in [0.2, 0.25) is 0 Å². The number of benzene rings is 2. The molecule has 2 aromatic heterocycles. The highest BCUT2D eigenvalue weighted by Crippen LogP contribution is 2.41. The third-order valence-electron chi connectivity index (χ3n) is 7.26. The van der Waals surface area contributed by atoms with E-state index in [0.717, 1.165) is 61.1 Å². The van der Waals surface area contributed by atoms with Crippen LogP contribution in [0.3, 0.4) is 0 Å². The predicted molar refractivity (Wildman–Crippen MR) is 121 cm³/mol. The van der Waals surface area contributed by atoms with Gasteiger partial charge in [-0.25, -0.2) is 4.39 Å². The Morgan fingerprint density at radius 2 is 1.88 bits per heavy atom. The number of hydrogen-bond acceptors (Lipinski definition) is 4. The topological polar surface area (TPSA) is 50.9 Å². The summed E-state index contributed by atoms with van der Waals surface area (Å²) in [6.07, 6.45) is 5.19. The number of rotatable bonds is 2. The Morgan fingerprint density at radius 1 is 1.00 bits per heavy atom. The minimum absolute atomic E-state index is 0.225. The molecule has 0 unspecified atom stereocenters. The van der Waals surface area contributed by atoms with Crippen molar-refractivity contribution in [2.75, 3.05) is 31.1 Å². The Morgan fingerprint density at radius 3 is 2.69 bits per heavy atom. The van der Waals surface area contributed by atoms with Crippen molar-refractivity contribution >= 4 is 5.69 Å². The van der Waals surface area contributed by atoms with Gasteiger partial charge in [0.25, 0.3) is 0 Å². The molecule has 0 aliphatic carbocycles. The first kappa shape index (κ1) is 18.2. The SMILES string of the molecule is Fc1ccc(-c2cc3n(c2)Cc2cc(N4CC5(CCNC5)C4)ccc2-n2cnnc2-3)cc1. The average molecular weight is 426 g/mol. The van der Waals surface area contributed by atoms with Crippen LogP contribution in [0.2, 0.25) is 0 Å². The van der Waals surface area contributed by atoms with Crippen LogP contribution in [-0.2, 0) is 6.54 Å². The quantitative estimate of drug-likeness (QED) is 0.468. The molecular weight excluding hydrogens is 403 g/mol. The van der Waals surface area contributed by atoms with Crippen molar-refractivity contribution in [1.29, 1.82) is 0 Å². The van der Waals surface area contributed by atoms with Crippen molar-refractivity contribution in [3.63, 3.8) is 0 Å². The highest BCUT2D eigenvalue weighted by molar-refractivity contribution is 5.72. The Bertz CT molecular complexity index is 1320. The van der Waals surface area contributed by atoms with E-state index in [4.69, 9.17) is 0 Å². The summed E-state index contributed by atoms with van der Waals surface area (Å²) in [4.78, 5) is 2.49. The summed E-state index contributed by atoms with van der Waals surface area (Å²) in [6.45, 7) is 5.28. The predicted octanol–water partition coefficient (Wildman–Crippen LogP) is 3.70. The maximum atomic E-state index is 13.4.